The summed E-state index contributed by atoms with van der Waals surface area (Å²) in [6.45, 7) is 4.22. The highest BCUT2D eigenvalue weighted by Crippen LogP contribution is 2.46. The maximum Gasteiger partial charge on any atom is 0.149 e. The van der Waals surface area contributed by atoms with Gasteiger partial charge >= 0.3 is 0 Å². The van der Waals surface area contributed by atoms with Crippen molar-refractivity contribution in [3.8, 4) is 0 Å². The molecule has 5 heteroatoms. The molecule has 4 aliphatic rings. The molecule has 0 amide bonds. The zero-order chi connectivity index (χ0) is 16.8. The molecule has 0 saturated carbocycles. The van der Waals surface area contributed by atoms with Crippen molar-refractivity contribution in [3.05, 3.63) is 46.8 Å². The quantitative estimate of drug-likeness (QED) is 0.682. The molecule has 3 N–H and O–H groups in total. The van der Waals surface area contributed by atoms with Gasteiger partial charge in [0.25, 0.3) is 0 Å². The number of aliphatic imine (C=N–C) groups is 1. The van der Waals surface area contributed by atoms with Crippen LogP contribution in [0.2, 0.25) is 0 Å². The minimum absolute atomic E-state index is 0.0740. The van der Waals surface area contributed by atoms with E-state index in [4.69, 9.17) is 4.99 Å². The fraction of sp³-hybridized carbons (Fsp3) is 0.474. The molecule has 5 atom stereocenters. The van der Waals surface area contributed by atoms with E-state index in [0.29, 0.717) is 12.2 Å². The molecule has 1 fully saturated rings. The molecule has 0 aromatic heterocycles. The van der Waals surface area contributed by atoms with Gasteiger partial charge in [-0.1, -0.05) is 23.8 Å². The van der Waals surface area contributed by atoms with Crippen LogP contribution >= 0.6 is 0 Å². The van der Waals surface area contributed by atoms with Crippen molar-refractivity contribution in [2.75, 3.05) is 0 Å². The number of hydrazine groups is 1. The maximum atomic E-state index is 11.4. The van der Waals surface area contributed by atoms with E-state index in [0.717, 1.165) is 29.7 Å². The number of carbonyl (C=O) groups excluding carboxylic acids is 1. The van der Waals surface area contributed by atoms with Crippen LogP contribution in [0.3, 0.4) is 0 Å². The van der Waals surface area contributed by atoms with E-state index in [9.17, 15) is 9.90 Å². The molecule has 0 aromatic carbocycles. The normalized spacial score (nSPS) is 37.8. The van der Waals surface area contributed by atoms with E-state index in [1.807, 2.05) is 12.2 Å². The maximum absolute atomic E-state index is 11.4. The number of nitrogens with one attached hydrogen (secondary N) is 2. The second-order valence-electron chi connectivity index (χ2n) is 7.22. The molecule has 2 heterocycles. The molecule has 24 heavy (non-hydrogen) atoms. The van der Waals surface area contributed by atoms with Crippen LogP contribution in [0.1, 0.15) is 26.7 Å². The van der Waals surface area contributed by atoms with Crippen molar-refractivity contribution in [2.45, 2.75) is 38.8 Å². The Balaban J connectivity index is 1.82. The van der Waals surface area contributed by atoms with E-state index in [-0.39, 0.29) is 29.8 Å². The van der Waals surface area contributed by atoms with E-state index < -0.39 is 0 Å². The number of fused-ring (bicyclic) bond motifs is 2. The van der Waals surface area contributed by atoms with Gasteiger partial charge in [-0.2, -0.15) is 0 Å². The highest BCUT2D eigenvalue weighted by molar-refractivity contribution is 5.89. The lowest BCUT2D eigenvalue weighted by molar-refractivity contribution is -0.104. The summed E-state index contributed by atoms with van der Waals surface area (Å²) >= 11 is 0. The standard InChI is InChI=1S/C19H23N3O2/c1-10-7-12(9-23)8-15-17(13-3-5-14(24)6-4-13)16-11(2)21-22-19(16)20-18(10)15/h3,5,7-9,11,15-18,21,24H,4,6H2,1-2H3,(H,20,22). The van der Waals surface area contributed by atoms with Gasteiger partial charge < -0.3 is 10.5 Å². The third-order valence-electron chi connectivity index (χ3n) is 5.70. The van der Waals surface area contributed by atoms with E-state index in [1.54, 1.807) is 0 Å². The smallest absolute Gasteiger partial charge is 0.149 e. The third kappa shape index (κ3) is 2.35. The van der Waals surface area contributed by atoms with Gasteiger partial charge in [0.15, 0.2) is 0 Å². The van der Waals surface area contributed by atoms with E-state index >= 15 is 0 Å². The molecule has 4 rings (SSSR count). The van der Waals surface area contributed by atoms with Gasteiger partial charge in [-0.15, -0.1) is 0 Å². The van der Waals surface area contributed by atoms with Crippen LogP contribution in [0.15, 0.2) is 51.8 Å². The predicted molar refractivity (Wildman–Crippen MR) is 93.4 cm³/mol. The summed E-state index contributed by atoms with van der Waals surface area (Å²) in [7, 11) is 0. The number of allylic oxidation sites excluding steroid dienone is 6. The highest BCUT2D eigenvalue weighted by Gasteiger charge is 2.48. The number of nitrogens with zero attached hydrogens (tertiary/aromatic N) is 1. The van der Waals surface area contributed by atoms with Crippen molar-refractivity contribution in [1.29, 1.82) is 0 Å². The van der Waals surface area contributed by atoms with Crippen molar-refractivity contribution in [1.82, 2.24) is 10.9 Å². The minimum atomic E-state index is 0.0740. The number of hydrogen-bond donors (Lipinski definition) is 3. The van der Waals surface area contributed by atoms with Crippen LogP contribution in [-0.4, -0.2) is 29.3 Å². The first-order valence-corrected chi connectivity index (χ1v) is 8.61. The Morgan fingerprint density at radius 1 is 1.29 bits per heavy atom. The van der Waals surface area contributed by atoms with Gasteiger partial charge in [-0.25, -0.2) is 5.43 Å². The van der Waals surface area contributed by atoms with Crippen LogP contribution in [0.4, 0.5) is 0 Å². The number of aliphatic hydroxyl groups excluding tert-OH is 1. The fourth-order valence-electron chi connectivity index (χ4n) is 4.56. The Morgan fingerprint density at radius 2 is 2.12 bits per heavy atom. The first-order valence-electron chi connectivity index (χ1n) is 8.61. The first-order chi connectivity index (χ1) is 11.6. The number of amidine groups is 1. The van der Waals surface area contributed by atoms with Crippen molar-refractivity contribution < 1.29 is 9.90 Å². The Morgan fingerprint density at radius 3 is 2.83 bits per heavy atom. The minimum Gasteiger partial charge on any atom is -0.512 e. The van der Waals surface area contributed by atoms with Crippen LogP contribution in [0, 0.1) is 17.8 Å². The monoisotopic (exact) mass is 325 g/mol. The lowest BCUT2D eigenvalue weighted by atomic mass is 9.65. The molecular weight excluding hydrogens is 302 g/mol. The lowest BCUT2D eigenvalue weighted by Gasteiger charge is -2.42. The second-order valence-corrected chi connectivity index (χ2v) is 7.22. The largest absolute Gasteiger partial charge is 0.512 e. The summed E-state index contributed by atoms with van der Waals surface area (Å²) in [5.41, 5.74) is 9.79. The Bertz CT molecular complexity index is 729. The predicted octanol–water partition coefficient (Wildman–Crippen LogP) is 2.36. The van der Waals surface area contributed by atoms with Crippen molar-refractivity contribution in [3.63, 3.8) is 0 Å². The summed E-state index contributed by atoms with van der Waals surface area (Å²) in [6.07, 6.45) is 10.4. The molecule has 5 nitrogen and oxygen atoms in total. The number of aliphatic hydroxyl groups is 1. The van der Waals surface area contributed by atoms with E-state index in [2.05, 4.69) is 36.9 Å². The SMILES string of the molecule is CC1=CC(C=O)=CC2C1N=C1NNC(C)C1C2C1=CC=C(O)CC1. The van der Waals surface area contributed by atoms with E-state index in [1.165, 1.54) is 5.57 Å². The molecule has 2 aliphatic heterocycles. The molecule has 0 spiro atoms. The molecule has 1 saturated heterocycles. The summed E-state index contributed by atoms with van der Waals surface area (Å²) in [6, 6.07) is 0.347. The van der Waals surface area contributed by atoms with Crippen LogP contribution in [-0.2, 0) is 4.79 Å². The Labute approximate surface area is 141 Å². The van der Waals surface area contributed by atoms with Crippen LogP contribution in [0.5, 0.6) is 0 Å². The van der Waals surface area contributed by atoms with Gasteiger partial charge in [-0.05, 0) is 31.9 Å². The van der Waals surface area contributed by atoms with Gasteiger partial charge in [-0.3, -0.25) is 9.79 Å². The molecule has 126 valence electrons. The van der Waals surface area contributed by atoms with Gasteiger partial charge in [0.2, 0.25) is 0 Å². The van der Waals surface area contributed by atoms with Gasteiger partial charge in [0.1, 0.15) is 12.1 Å². The van der Waals surface area contributed by atoms with Crippen molar-refractivity contribution >= 4 is 12.1 Å². The summed E-state index contributed by atoms with van der Waals surface area (Å²) in [5, 5.41) is 9.72. The number of hydrogen-bond acceptors (Lipinski definition) is 5. The zero-order valence-electron chi connectivity index (χ0n) is 14.0. The molecule has 2 aliphatic carbocycles. The summed E-state index contributed by atoms with van der Waals surface area (Å²) in [5.74, 6) is 2.20. The third-order valence-corrected chi connectivity index (χ3v) is 5.70. The number of rotatable bonds is 2. The zero-order valence-corrected chi connectivity index (χ0v) is 14.0. The summed E-state index contributed by atoms with van der Waals surface area (Å²) in [4.78, 5) is 16.3. The van der Waals surface area contributed by atoms with Gasteiger partial charge in [0.05, 0.1) is 11.8 Å². The highest BCUT2D eigenvalue weighted by atomic mass is 16.3. The van der Waals surface area contributed by atoms with Gasteiger partial charge in [0, 0.05) is 35.8 Å². The lowest BCUT2D eigenvalue weighted by Crippen LogP contribution is -2.45. The number of aldehydes is 1. The number of carbonyl (C=O) groups is 1. The average Bonchev–Trinajstić information content (AvgIpc) is 2.95. The molecule has 0 bridgehead atoms. The Hall–Kier alpha value is -2.14. The van der Waals surface area contributed by atoms with Crippen LogP contribution < -0.4 is 10.9 Å². The van der Waals surface area contributed by atoms with Crippen molar-refractivity contribution in [2.24, 2.45) is 22.7 Å². The molecule has 5 unspecified atom stereocenters. The summed E-state index contributed by atoms with van der Waals surface area (Å²) < 4.78 is 0. The molecule has 0 aromatic rings. The van der Waals surface area contributed by atoms with Crippen LogP contribution in [0.25, 0.3) is 0 Å². The second kappa shape index (κ2) is 5.74. The molecular formula is C19H23N3O2. The average molecular weight is 325 g/mol. The first kappa shape index (κ1) is 15.4. The molecule has 0 radical (unpaired) electrons. The topological polar surface area (TPSA) is 73.7 Å². The fourth-order valence-corrected chi connectivity index (χ4v) is 4.56. The Kier molecular flexibility index (Phi) is 3.68.